The summed E-state index contributed by atoms with van der Waals surface area (Å²) in [5, 5.41) is 3.72. The highest BCUT2D eigenvalue weighted by Crippen LogP contribution is 2.38. The molecule has 13 heteroatoms. The standard InChI is InChI=1S/C29H23F2NO.C22H17F2NO.C15H11F2NO.C7H7Br/c30-25-12-13-26(27(31)18-25)22-11-14-28-23(16-22)17-24(15-20-7-3-1-4-8-20)29(33)32(28)19-21-9-5-2-6-10-21;23-18-8-9-19(20(24)13-18)16-6-10-21-17(12-16)7-11-22(26)25(21)14-15-4-2-1-3-5-15;16-11-3-4-12(13(17)8-11)9-1-5-14-10(7-9)2-6-15(19)18-14;8-6-7-4-2-1-3-5-7/h1-14,16,18,24H,15,17,19H2;1-6,8-10,12-13H,7,11,14H2;1,3-5,7-8H,2,6H2,(H,18,19);1-5H,6H2. The second kappa shape index (κ2) is 28.0. The van der Waals surface area contributed by atoms with Crippen molar-refractivity contribution < 1.29 is 40.7 Å². The zero-order valence-electron chi connectivity index (χ0n) is 46.6. The second-order valence-corrected chi connectivity index (χ2v) is 21.6. The summed E-state index contributed by atoms with van der Waals surface area (Å²) in [6.45, 7) is 0.985. The highest BCUT2D eigenvalue weighted by Gasteiger charge is 2.33. The van der Waals surface area contributed by atoms with Gasteiger partial charge in [-0.2, -0.15) is 0 Å². The summed E-state index contributed by atoms with van der Waals surface area (Å²) < 4.78 is 81.7. The van der Waals surface area contributed by atoms with Crippen LogP contribution in [0.5, 0.6) is 0 Å². The van der Waals surface area contributed by atoms with Crippen LogP contribution in [0.4, 0.5) is 43.4 Å². The third-order valence-corrected chi connectivity index (χ3v) is 15.8. The first kappa shape index (κ1) is 59.8. The van der Waals surface area contributed by atoms with E-state index in [4.69, 9.17) is 0 Å². The van der Waals surface area contributed by atoms with Crippen molar-refractivity contribution in [3.05, 3.63) is 304 Å². The monoisotopic (exact) mass is 1220 g/mol. The van der Waals surface area contributed by atoms with Crippen LogP contribution in [0.1, 0.15) is 51.8 Å². The van der Waals surface area contributed by atoms with Gasteiger partial charge in [0.05, 0.1) is 13.1 Å². The lowest BCUT2D eigenvalue weighted by Crippen LogP contribution is -2.41. The molecule has 3 amide bonds. The Labute approximate surface area is 504 Å². The molecule has 13 rings (SSSR count). The van der Waals surface area contributed by atoms with Crippen molar-refractivity contribution in [2.45, 2.75) is 56.9 Å². The quantitative estimate of drug-likeness (QED) is 0.110. The van der Waals surface area contributed by atoms with Crippen molar-refractivity contribution in [1.29, 1.82) is 0 Å². The first-order chi connectivity index (χ1) is 41.8. The average molecular weight is 1220 g/mol. The fourth-order valence-electron chi connectivity index (χ4n) is 10.8. The molecule has 0 bridgehead atoms. The molecular formula is C73H58BrF6N3O3. The number of carbonyl (C=O) groups is 3. The third-order valence-electron chi connectivity index (χ3n) is 15.1. The van der Waals surface area contributed by atoms with Gasteiger partial charge in [-0.1, -0.05) is 155 Å². The zero-order chi connectivity index (χ0) is 60.1. The number of hydrogen-bond donors (Lipinski definition) is 1. The number of benzene rings is 10. The van der Waals surface area contributed by atoms with Gasteiger partial charge in [0.25, 0.3) is 0 Å². The van der Waals surface area contributed by atoms with Gasteiger partial charge in [0.1, 0.15) is 34.9 Å². The number of aryl methyl sites for hydroxylation is 2. The number of amides is 3. The molecule has 1 unspecified atom stereocenters. The number of anilines is 3. The van der Waals surface area contributed by atoms with Gasteiger partial charge >= 0.3 is 0 Å². The number of nitrogens with one attached hydrogen (secondary N) is 1. The van der Waals surface area contributed by atoms with E-state index in [2.05, 4.69) is 33.4 Å². The van der Waals surface area contributed by atoms with E-state index in [1.54, 1.807) is 29.2 Å². The summed E-state index contributed by atoms with van der Waals surface area (Å²) in [5.74, 6) is -3.59. The van der Waals surface area contributed by atoms with Crippen LogP contribution in [-0.2, 0) is 58.5 Å². The van der Waals surface area contributed by atoms with E-state index >= 15 is 0 Å². The van der Waals surface area contributed by atoms with Crippen LogP contribution in [-0.4, -0.2) is 17.7 Å². The Hall–Kier alpha value is -9.33. The zero-order valence-corrected chi connectivity index (χ0v) is 48.2. The molecule has 1 atom stereocenters. The van der Waals surface area contributed by atoms with Crippen molar-refractivity contribution in [2.75, 3.05) is 15.1 Å². The molecule has 0 spiro atoms. The molecule has 10 aromatic rings. The number of halogens is 7. The number of rotatable bonds is 10. The van der Waals surface area contributed by atoms with Gasteiger partial charge in [-0.25, -0.2) is 26.3 Å². The summed E-state index contributed by atoms with van der Waals surface area (Å²) in [5.41, 5.74) is 13.1. The Morgan fingerprint density at radius 1 is 0.407 bits per heavy atom. The Balaban J connectivity index is 0.000000138. The van der Waals surface area contributed by atoms with Crippen LogP contribution in [0.15, 0.2) is 231 Å². The van der Waals surface area contributed by atoms with Gasteiger partial charge in [0.2, 0.25) is 17.7 Å². The minimum Gasteiger partial charge on any atom is -0.326 e. The predicted octanol–water partition coefficient (Wildman–Crippen LogP) is 17.8. The van der Waals surface area contributed by atoms with Crippen molar-refractivity contribution in [2.24, 2.45) is 5.92 Å². The third kappa shape index (κ3) is 14.9. The van der Waals surface area contributed by atoms with Gasteiger partial charge in [0, 0.05) is 76.0 Å². The summed E-state index contributed by atoms with van der Waals surface area (Å²) in [6.07, 6.45) is 3.33. The van der Waals surface area contributed by atoms with E-state index in [9.17, 15) is 40.7 Å². The maximum atomic E-state index is 14.5. The molecule has 0 fully saturated rings. The SMILES string of the molecule is BrCc1ccccc1.O=C1C(Cc2ccccc2)Cc2cc(-c3ccc(F)cc3F)ccc2N1Cc1ccccc1.O=C1CCc2cc(-c3ccc(F)cc3F)ccc2N1.O=C1CCc2cc(-c3ccc(F)cc3F)ccc2N1Cc1ccccc1. The lowest BCUT2D eigenvalue weighted by Gasteiger charge is -2.35. The molecule has 432 valence electrons. The molecule has 0 saturated carbocycles. The van der Waals surface area contributed by atoms with Crippen LogP contribution in [0.2, 0.25) is 0 Å². The number of hydrogen-bond acceptors (Lipinski definition) is 3. The molecular weight excluding hydrogens is 1160 g/mol. The Morgan fingerprint density at radius 3 is 1.30 bits per heavy atom. The Bertz CT molecular complexity index is 4020. The van der Waals surface area contributed by atoms with Crippen LogP contribution in [0, 0.1) is 40.8 Å². The number of nitrogens with zero attached hydrogens (tertiary/aromatic N) is 2. The Kier molecular flexibility index (Phi) is 19.5. The second-order valence-electron chi connectivity index (χ2n) is 21.1. The summed E-state index contributed by atoms with van der Waals surface area (Å²) in [7, 11) is 0. The van der Waals surface area contributed by atoms with E-state index in [1.807, 2.05) is 144 Å². The minimum atomic E-state index is -0.600. The smallest absolute Gasteiger partial charge is 0.231 e. The van der Waals surface area contributed by atoms with E-state index in [0.29, 0.717) is 85.0 Å². The van der Waals surface area contributed by atoms with E-state index < -0.39 is 34.9 Å². The van der Waals surface area contributed by atoms with E-state index in [0.717, 1.165) is 74.0 Å². The highest BCUT2D eigenvalue weighted by atomic mass is 79.9. The summed E-state index contributed by atoms with van der Waals surface area (Å²) in [4.78, 5) is 40.9. The van der Waals surface area contributed by atoms with Crippen molar-refractivity contribution in [1.82, 2.24) is 0 Å². The molecule has 1 N–H and O–H groups in total. The molecule has 10 aromatic carbocycles. The molecule has 3 aliphatic heterocycles. The molecule has 0 aliphatic carbocycles. The topological polar surface area (TPSA) is 69.7 Å². The van der Waals surface area contributed by atoms with Crippen molar-refractivity contribution in [3.63, 3.8) is 0 Å². The van der Waals surface area contributed by atoms with E-state index in [-0.39, 0.29) is 23.6 Å². The molecule has 3 aliphatic rings. The summed E-state index contributed by atoms with van der Waals surface area (Å²) in [6, 6.07) is 67.2. The molecule has 0 radical (unpaired) electrons. The first-order valence-electron chi connectivity index (χ1n) is 28.1. The first-order valence-corrected chi connectivity index (χ1v) is 29.3. The number of fused-ring (bicyclic) bond motifs is 3. The molecule has 6 nitrogen and oxygen atoms in total. The lowest BCUT2D eigenvalue weighted by molar-refractivity contribution is -0.123. The average Bonchev–Trinajstić information content (AvgIpc) is 3.49. The maximum absolute atomic E-state index is 14.5. The van der Waals surface area contributed by atoms with Gasteiger partial charge in [-0.3, -0.25) is 14.4 Å². The largest absolute Gasteiger partial charge is 0.326 e. The van der Waals surface area contributed by atoms with Gasteiger partial charge < -0.3 is 15.1 Å². The molecule has 3 heterocycles. The number of carbonyl (C=O) groups excluding carboxylic acids is 3. The fourth-order valence-corrected chi connectivity index (χ4v) is 11.2. The van der Waals surface area contributed by atoms with Crippen LogP contribution < -0.4 is 15.1 Å². The van der Waals surface area contributed by atoms with Gasteiger partial charge in [-0.15, -0.1) is 0 Å². The lowest BCUT2D eigenvalue weighted by atomic mass is 9.85. The molecule has 86 heavy (non-hydrogen) atoms. The number of alkyl halides is 1. The molecule has 0 aromatic heterocycles. The minimum absolute atomic E-state index is 0.00628. The van der Waals surface area contributed by atoms with Gasteiger partial charge in [-0.05, 0) is 154 Å². The van der Waals surface area contributed by atoms with Crippen LogP contribution in [0.25, 0.3) is 33.4 Å². The Morgan fingerprint density at radius 2 is 0.826 bits per heavy atom. The normalized spacial score (nSPS) is 13.9. The maximum Gasteiger partial charge on any atom is 0.231 e. The fraction of sp³-hybridized carbons (Fsp3) is 0.137. The van der Waals surface area contributed by atoms with Crippen molar-refractivity contribution in [3.8, 4) is 33.4 Å². The van der Waals surface area contributed by atoms with E-state index in [1.165, 1.54) is 42.0 Å². The predicted molar refractivity (Wildman–Crippen MR) is 332 cm³/mol. The van der Waals surface area contributed by atoms with Crippen LogP contribution >= 0.6 is 15.9 Å². The molecule has 0 saturated heterocycles. The highest BCUT2D eigenvalue weighted by molar-refractivity contribution is 9.08. The van der Waals surface area contributed by atoms with Crippen LogP contribution in [0.3, 0.4) is 0 Å². The summed E-state index contributed by atoms with van der Waals surface area (Å²) >= 11 is 3.36. The van der Waals surface area contributed by atoms with Gasteiger partial charge in [0.15, 0.2) is 0 Å². The van der Waals surface area contributed by atoms with Crippen molar-refractivity contribution >= 4 is 50.7 Å².